The van der Waals surface area contributed by atoms with Crippen LogP contribution >= 0.6 is 11.3 Å². The number of carbonyl (C=O) groups excluding carboxylic acids is 1. The van der Waals surface area contributed by atoms with Gasteiger partial charge in [0.15, 0.2) is 0 Å². The van der Waals surface area contributed by atoms with Crippen molar-refractivity contribution in [2.24, 2.45) is 5.92 Å². The summed E-state index contributed by atoms with van der Waals surface area (Å²) in [4.78, 5) is 19.2. The lowest BCUT2D eigenvalue weighted by Crippen LogP contribution is -2.41. The van der Waals surface area contributed by atoms with Gasteiger partial charge in [-0.25, -0.2) is 9.78 Å². The number of ether oxygens (including phenoxy) is 1. The van der Waals surface area contributed by atoms with Crippen molar-refractivity contribution < 1.29 is 9.53 Å². The summed E-state index contributed by atoms with van der Waals surface area (Å²) in [6.45, 7) is 3.11. The summed E-state index contributed by atoms with van der Waals surface area (Å²) in [5, 5.41) is 4.14. The van der Waals surface area contributed by atoms with Crippen LogP contribution in [0.5, 0.6) is 0 Å². The van der Waals surface area contributed by atoms with E-state index in [0.717, 1.165) is 49.5 Å². The van der Waals surface area contributed by atoms with Gasteiger partial charge in [-0.05, 0) is 31.4 Å². The Bertz CT molecular complexity index is 663. The maximum atomic E-state index is 12.6. The monoisotopic (exact) mass is 331 g/mol. The van der Waals surface area contributed by atoms with Gasteiger partial charge < -0.3 is 15.0 Å². The zero-order chi connectivity index (χ0) is 15.6. The fraction of sp³-hybridized carbons (Fsp3) is 0.529. The lowest BCUT2D eigenvalue weighted by atomic mass is 10.1. The van der Waals surface area contributed by atoms with E-state index in [1.54, 1.807) is 11.3 Å². The number of rotatable bonds is 3. The van der Waals surface area contributed by atoms with Crippen molar-refractivity contribution in [1.29, 1.82) is 0 Å². The molecule has 1 N–H and O–H groups in total. The van der Waals surface area contributed by atoms with E-state index >= 15 is 0 Å². The summed E-state index contributed by atoms with van der Waals surface area (Å²) < 4.78 is 6.56. The quantitative estimate of drug-likeness (QED) is 0.940. The summed E-state index contributed by atoms with van der Waals surface area (Å²) >= 11 is 1.71. The van der Waals surface area contributed by atoms with Crippen LogP contribution < -0.4 is 5.32 Å². The smallest absolute Gasteiger partial charge is 0.318 e. The van der Waals surface area contributed by atoms with Crippen LogP contribution in [-0.4, -0.2) is 42.2 Å². The molecule has 2 atom stereocenters. The number of aromatic nitrogens is 1. The van der Waals surface area contributed by atoms with Crippen LogP contribution in [0.15, 0.2) is 24.3 Å². The van der Waals surface area contributed by atoms with E-state index in [1.165, 1.54) is 4.70 Å². The molecule has 5 nitrogen and oxygen atoms in total. The topological polar surface area (TPSA) is 54.5 Å². The van der Waals surface area contributed by atoms with Crippen molar-refractivity contribution in [1.82, 2.24) is 15.2 Å². The molecule has 3 heterocycles. The Kier molecular flexibility index (Phi) is 4.18. The second-order valence-electron chi connectivity index (χ2n) is 6.29. The number of para-hydroxylation sites is 1. The van der Waals surface area contributed by atoms with Crippen molar-refractivity contribution in [3.05, 3.63) is 29.3 Å². The summed E-state index contributed by atoms with van der Waals surface area (Å²) in [7, 11) is 0. The highest BCUT2D eigenvalue weighted by Gasteiger charge is 2.32. The molecule has 6 heteroatoms. The molecule has 1 aromatic heterocycles. The van der Waals surface area contributed by atoms with Crippen LogP contribution in [0.3, 0.4) is 0 Å². The average molecular weight is 331 g/mol. The molecule has 2 saturated heterocycles. The van der Waals surface area contributed by atoms with Gasteiger partial charge in [-0.3, -0.25) is 0 Å². The average Bonchev–Trinajstić information content (AvgIpc) is 3.31. The Morgan fingerprint density at radius 1 is 1.39 bits per heavy atom. The Labute approximate surface area is 139 Å². The summed E-state index contributed by atoms with van der Waals surface area (Å²) in [6, 6.07) is 8.33. The number of fused-ring (bicyclic) bond motifs is 1. The Balaban J connectivity index is 1.46. The molecule has 23 heavy (non-hydrogen) atoms. The van der Waals surface area contributed by atoms with Gasteiger partial charge in [0.2, 0.25) is 0 Å². The number of carbonyl (C=O) groups is 1. The second-order valence-corrected chi connectivity index (χ2v) is 7.35. The molecule has 0 aliphatic carbocycles. The van der Waals surface area contributed by atoms with Gasteiger partial charge in [0.05, 0.1) is 22.9 Å². The Morgan fingerprint density at radius 3 is 3.13 bits per heavy atom. The highest BCUT2D eigenvalue weighted by Crippen LogP contribution is 2.36. The lowest BCUT2D eigenvalue weighted by Gasteiger charge is -2.24. The fourth-order valence-corrected chi connectivity index (χ4v) is 4.49. The molecule has 2 aliphatic rings. The number of nitrogens with zero attached hydrogens (tertiary/aromatic N) is 2. The first-order valence-electron chi connectivity index (χ1n) is 8.29. The van der Waals surface area contributed by atoms with Crippen molar-refractivity contribution in [3.8, 4) is 0 Å². The first kappa shape index (κ1) is 14.9. The number of hydrogen-bond acceptors (Lipinski definition) is 4. The van der Waals surface area contributed by atoms with Crippen molar-refractivity contribution in [3.63, 3.8) is 0 Å². The number of thiazole rings is 1. The van der Waals surface area contributed by atoms with Crippen molar-refractivity contribution in [2.75, 3.05) is 26.3 Å². The number of hydrogen-bond donors (Lipinski definition) is 1. The summed E-state index contributed by atoms with van der Waals surface area (Å²) in [5.41, 5.74) is 1.03. The molecule has 0 radical (unpaired) electrons. The third kappa shape index (κ3) is 3.05. The highest BCUT2D eigenvalue weighted by molar-refractivity contribution is 7.18. The molecule has 0 saturated carbocycles. The van der Waals surface area contributed by atoms with Crippen LogP contribution in [0.2, 0.25) is 0 Å². The van der Waals surface area contributed by atoms with E-state index in [-0.39, 0.29) is 12.1 Å². The molecule has 122 valence electrons. The van der Waals surface area contributed by atoms with Gasteiger partial charge in [-0.15, -0.1) is 11.3 Å². The molecule has 2 fully saturated rings. The number of amides is 2. The molecule has 2 aliphatic heterocycles. The summed E-state index contributed by atoms with van der Waals surface area (Å²) in [5.74, 6) is 0.461. The van der Waals surface area contributed by atoms with Gasteiger partial charge in [-0.1, -0.05) is 12.1 Å². The van der Waals surface area contributed by atoms with Crippen molar-refractivity contribution >= 4 is 27.6 Å². The number of benzene rings is 1. The minimum Gasteiger partial charge on any atom is -0.381 e. The minimum absolute atomic E-state index is 0.0404. The van der Waals surface area contributed by atoms with Crippen LogP contribution in [0, 0.1) is 5.92 Å². The zero-order valence-corrected chi connectivity index (χ0v) is 13.8. The molecule has 0 spiro atoms. The second kappa shape index (κ2) is 6.45. The lowest BCUT2D eigenvalue weighted by molar-refractivity contribution is 0.179. The number of likely N-dealkylation sites (tertiary alicyclic amines) is 1. The van der Waals surface area contributed by atoms with E-state index in [9.17, 15) is 4.79 Å². The van der Waals surface area contributed by atoms with E-state index in [2.05, 4.69) is 11.4 Å². The molecule has 1 aromatic carbocycles. The van der Waals surface area contributed by atoms with Gasteiger partial charge in [0.1, 0.15) is 5.01 Å². The molecule has 2 aromatic rings. The van der Waals surface area contributed by atoms with E-state index in [1.807, 2.05) is 23.1 Å². The molecular weight excluding hydrogens is 310 g/mol. The molecule has 0 unspecified atom stereocenters. The van der Waals surface area contributed by atoms with Gasteiger partial charge in [0, 0.05) is 25.6 Å². The highest BCUT2D eigenvalue weighted by atomic mass is 32.1. The maximum Gasteiger partial charge on any atom is 0.318 e. The molecule has 4 rings (SSSR count). The normalized spacial score (nSPS) is 24.4. The van der Waals surface area contributed by atoms with Crippen LogP contribution in [-0.2, 0) is 4.74 Å². The fourth-order valence-electron chi connectivity index (χ4n) is 3.38. The van der Waals surface area contributed by atoms with Crippen LogP contribution in [0.25, 0.3) is 10.2 Å². The largest absolute Gasteiger partial charge is 0.381 e. The molecule has 2 amide bonds. The molecular formula is C17H21N3O2S. The summed E-state index contributed by atoms with van der Waals surface area (Å²) in [6.07, 6.45) is 3.09. The predicted molar refractivity (Wildman–Crippen MR) is 90.6 cm³/mol. The van der Waals surface area contributed by atoms with Crippen LogP contribution in [0.1, 0.15) is 30.3 Å². The maximum absolute atomic E-state index is 12.6. The van der Waals surface area contributed by atoms with Crippen LogP contribution in [0.4, 0.5) is 4.79 Å². The van der Waals surface area contributed by atoms with E-state index in [0.29, 0.717) is 12.5 Å². The third-order valence-electron chi connectivity index (χ3n) is 4.68. The predicted octanol–water partition coefficient (Wildman–Crippen LogP) is 3.18. The van der Waals surface area contributed by atoms with Gasteiger partial charge >= 0.3 is 6.03 Å². The third-order valence-corrected chi connectivity index (χ3v) is 5.81. The van der Waals surface area contributed by atoms with Gasteiger partial charge in [0.25, 0.3) is 0 Å². The zero-order valence-electron chi connectivity index (χ0n) is 13.0. The first-order valence-corrected chi connectivity index (χ1v) is 9.10. The molecule has 0 bridgehead atoms. The number of nitrogens with one attached hydrogen (secondary N) is 1. The minimum atomic E-state index is 0.0404. The van der Waals surface area contributed by atoms with E-state index in [4.69, 9.17) is 9.72 Å². The Hall–Kier alpha value is -1.66. The van der Waals surface area contributed by atoms with Gasteiger partial charge in [-0.2, -0.15) is 0 Å². The van der Waals surface area contributed by atoms with E-state index < -0.39 is 0 Å². The Morgan fingerprint density at radius 2 is 2.30 bits per heavy atom. The first-order chi connectivity index (χ1) is 11.3. The number of urea groups is 1. The standard InChI is InChI=1S/C17H21N3O2S/c21-17(18-10-12-7-9-22-11-12)20-8-3-5-14(20)16-19-13-4-1-2-6-15(13)23-16/h1-2,4,6,12,14H,3,5,7-11H2,(H,18,21)/t12-,14+/m1/s1. The SMILES string of the molecule is O=C(NC[C@H]1CCOC1)N1CCC[C@H]1c1nc2ccccc2s1. The van der Waals surface area contributed by atoms with Crippen molar-refractivity contribution in [2.45, 2.75) is 25.3 Å².